The lowest BCUT2D eigenvalue weighted by Crippen LogP contribution is -2.38. The fraction of sp³-hybridized carbons (Fsp3) is 0.684. The first-order valence-corrected chi connectivity index (χ1v) is 8.43. The summed E-state index contributed by atoms with van der Waals surface area (Å²) in [6, 6.07) is 10.00. The van der Waals surface area contributed by atoms with E-state index >= 15 is 0 Å². The predicted octanol–water partition coefficient (Wildman–Crippen LogP) is 4.16. The van der Waals surface area contributed by atoms with Crippen molar-refractivity contribution in [3.8, 4) is 0 Å². The van der Waals surface area contributed by atoms with Crippen LogP contribution in [0.4, 0.5) is 0 Å². The molecule has 2 heteroatoms. The minimum Gasteiger partial charge on any atom is -0.311 e. The Morgan fingerprint density at radius 2 is 1.90 bits per heavy atom. The Bertz CT molecular complexity index is 430. The van der Waals surface area contributed by atoms with Crippen molar-refractivity contribution in [1.29, 1.82) is 0 Å². The molecule has 0 radical (unpaired) electrons. The van der Waals surface area contributed by atoms with E-state index in [-0.39, 0.29) is 5.54 Å². The fourth-order valence-corrected chi connectivity index (χ4v) is 2.99. The average molecular weight is 288 g/mol. The topological polar surface area (TPSA) is 15.3 Å². The molecule has 118 valence electrons. The molecule has 0 saturated carbocycles. The van der Waals surface area contributed by atoms with Crippen LogP contribution in [0.5, 0.6) is 0 Å². The van der Waals surface area contributed by atoms with E-state index in [1.54, 1.807) is 0 Å². The normalized spacial score (nSPS) is 21.7. The first-order valence-electron chi connectivity index (χ1n) is 8.43. The Hall–Kier alpha value is -0.860. The van der Waals surface area contributed by atoms with E-state index in [2.05, 4.69) is 69.1 Å². The molecule has 1 heterocycles. The summed E-state index contributed by atoms with van der Waals surface area (Å²) in [5, 5.41) is 3.59. The molecular formula is C19H32N2. The highest BCUT2D eigenvalue weighted by Gasteiger charge is 2.20. The van der Waals surface area contributed by atoms with Crippen molar-refractivity contribution in [3.63, 3.8) is 0 Å². The molecular weight excluding hydrogens is 256 g/mol. The SMILES string of the molecule is CC(CNC(C)(C)C)c1ccc(CN2CCCC2C)cc1. The summed E-state index contributed by atoms with van der Waals surface area (Å²) < 4.78 is 0. The molecule has 0 aromatic heterocycles. The lowest BCUT2D eigenvalue weighted by Gasteiger charge is -2.24. The number of benzene rings is 1. The Morgan fingerprint density at radius 1 is 1.24 bits per heavy atom. The van der Waals surface area contributed by atoms with Crippen molar-refractivity contribution in [2.24, 2.45) is 0 Å². The van der Waals surface area contributed by atoms with Crippen LogP contribution in [0.1, 0.15) is 64.5 Å². The molecule has 0 bridgehead atoms. The summed E-state index contributed by atoms with van der Waals surface area (Å²) in [7, 11) is 0. The molecule has 21 heavy (non-hydrogen) atoms. The van der Waals surface area contributed by atoms with Gasteiger partial charge in [-0.05, 0) is 64.1 Å². The molecule has 1 aromatic rings. The molecule has 1 saturated heterocycles. The highest BCUT2D eigenvalue weighted by molar-refractivity contribution is 5.25. The largest absolute Gasteiger partial charge is 0.311 e. The van der Waals surface area contributed by atoms with Gasteiger partial charge in [-0.1, -0.05) is 31.2 Å². The van der Waals surface area contributed by atoms with Gasteiger partial charge in [0.15, 0.2) is 0 Å². The van der Waals surface area contributed by atoms with E-state index in [0.29, 0.717) is 5.92 Å². The summed E-state index contributed by atoms with van der Waals surface area (Å²) in [4.78, 5) is 2.60. The van der Waals surface area contributed by atoms with Crippen molar-refractivity contribution < 1.29 is 0 Å². The maximum absolute atomic E-state index is 3.59. The molecule has 1 aromatic carbocycles. The van der Waals surface area contributed by atoms with Gasteiger partial charge in [-0.15, -0.1) is 0 Å². The monoisotopic (exact) mass is 288 g/mol. The Balaban J connectivity index is 1.89. The molecule has 1 aliphatic rings. The maximum Gasteiger partial charge on any atom is 0.0236 e. The van der Waals surface area contributed by atoms with Gasteiger partial charge in [-0.25, -0.2) is 0 Å². The van der Waals surface area contributed by atoms with Gasteiger partial charge >= 0.3 is 0 Å². The first-order chi connectivity index (χ1) is 9.85. The minimum absolute atomic E-state index is 0.195. The lowest BCUT2D eigenvalue weighted by molar-refractivity contribution is 0.260. The zero-order valence-corrected chi connectivity index (χ0v) is 14.4. The van der Waals surface area contributed by atoms with E-state index in [4.69, 9.17) is 0 Å². The van der Waals surface area contributed by atoms with E-state index in [0.717, 1.165) is 19.1 Å². The summed E-state index contributed by atoms with van der Waals surface area (Å²) in [6.07, 6.45) is 2.71. The van der Waals surface area contributed by atoms with E-state index < -0.39 is 0 Å². The molecule has 0 amide bonds. The highest BCUT2D eigenvalue weighted by Crippen LogP contribution is 2.21. The van der Waals surface area contributed by atoms with Crippen LogP contribution in [0.2, 0.25) is 0 Å². The molecule has 1 N–H and O–H groups in total. The van der Waals surface area contributed by atoms with Crippen LogP contribution in [0, 0.1) is 0 Å². The zero-order chi connectivity index (χ0) is 15.5. The third kappa shape index (κ3) is 5.12. The van der Waals surface area contributed by atoms with Crippen LogP contribution in [0.25, 0.3) is 0 Å². The van der Waals surface area contributed by atoms with Crippen molar-refractivity contribution in [1.82, 2.24) is 10.2 Å². The van der Waals surface area contributed by atoms with Crippen LogP contribution in [0.15, 0.2) is 24.3 Å². The zero-order valence-electron chi connectivity index (χ0n) is 14.4. The van der Waals surface area contributed by atoms with Gasteiger partial charge in [-0.2, -0.15) is 0 Å². The third-order valence-electron chi connectivity index (χ3n) is 4.56. The van der Waals surface area contributed by atoms with Crippen LogP contribution < -0.4 is 5.32 Å². The Labute approximate surface area is 130 Å². The third-order valence-corrected chi connectivity index (χ3v) is 4.56. The van der Waals surface area contributed by atoms with Crippen LogP contribution in [-0.4, -0.2) is 29.6 Å². The highest BCUT2D eigenvalue weighted by atomic mass is 15.2. The van der Waals surface area contributed by atoms with Crippen LogP contribution in [-0.2, 0) is 6.54 Å². The molecule has 0 spiro atoms. The second-order valence-electron chi connectivity index (χ2n) is 7.74. The summed E-state index contributed by atoms with van der Waals surface area (Å²) >= 11 is 0. The average Bonchev–Trinajstić information content (AvgIpc) is 2.82. The molecule has 2 rings (SSSR count). The summed E-state index contributed by atoms with van der Waals surface area (Å²) in [6.45, 7) is 14.7. The predicted molar refractivity (Wildman–Crippen MR) is 91.7 cm³/mol. The van der Waals surface area contributed by atoms with Crippen molar-refractivity contribution in [2.45, 2.75) is 71.5 Å². The van der Waals surface area contributed by atoms with Gasteiger partial charge in [0.05, 0.1) is 0 Å². The number of hydrogen-bond acceptors (Lipinski definition) is 2. The molecule has 1 fully saturated rings. The van der Waals surface area contributed by atoms with Gasteiger partial charge in [-0.3, -0.25) is 4.90 Å². The Kier molecular flexibility index (Phi) is 5.45. The quantitative estimate of drug-likeness (QED) is 0.875. The van der Waals surface area contributed by atoms with Crippen LogP contribution >= 0.6 is 0 Å². The molecule has 0 aliphatic carbocycles. The van der Waals surface area contributed by atoms with Crippen molar-refractivity contribution in [3.05, 3.63) is 35.4 Å². The van der Waals surface area contributed by atoms with Crippen molar-refractivity contribution in [2.75, 3.05) is 13.1 Å². The number of nitrogens with one attached hydrogen (secondary N) is 1. The van der Waals surface area contributed by atoms with Gasteiger partial charge in [0.1, 0.15) is 0 Å². The first kappa shape index (κ1) is 16.5. The summed E-state index contributed by atoms with van der Waals surface area (Å²) in [5.41, 5.74) is 3.08. The maximum atomic E-state index is 3.59. The smallest absolute Gasteiger partial charge is 0.0236 e. The number of rotatable bonds is 5. The molecule has 2 atom stereocenters. The van der Waals surface area contributed by atoms with Crippen LogP contribution in [0.3, 0.4) is 0 Å². The van der Waals surface area contributed by atoms with Gasteiger partial charge in [0.2, 0.25) is 0 Å². The van der Waals surface area contributed by atoms with Gasteiger partial charge in [0.25, 0.3) is 0 Å². The number of hydrogen-bond donors (Lipinski definition) is 1. The van der Waals surface area contributed by atoms with E-state index in [9.17, 15) is 0 Å². The molecule has 2 nitrogen and oxygen atoms in total. The fourth-order valence-electron chi connectivity index (χ4n) is 2.99. The van der Waals surface area contributed by atoms with E-state index in [1.807, 2.05) is 0 Å². The van der Waals surface area contributed by atoms with Gasteiger partial charge < -0.3 is 5.32 Å². The number of nitrogens with zero attached hydrogens (tertiary/aromatic N) is 1. The second kappa shape index (κ2) is 6.93. The minimum atomic E-state index is 0.195. The standard InChI is InChI=1S/C19H32N2/c1-15(13-20-19(3,4)5)18-10-8-17(9-11-18)14-21-12-6-7-16(21)2/h8-11,15-16,20H,6-7,12-14H2,1-5H3. The Morgan fingerprint density at radius 3 is 2.43 bits per heavy atom. The van der Waals surface area contributed by atoms with Gasteiger partial charge in [0, 0.05) is 24.7 Å². The van der Waals surface area contributed by atoms with Crippen molar-refractivity contribution >= 4 is 0 Å². The molecule has 1 aliphatic heterocycles. The summed E-state index contributed by atoms with van der Waals surface area (Å²) in [5.74, 6) is 0.559. The molecule has 2 unspecified atom stereocenters. The number of likely N-dealkylation sites (tertiary alicyclic amines) is 1. The second-order valence-corrected chi connectivity index (χ2v) is 7.74. The van der Waals surface area contributed by atoms with E-state index in [1.165, 1.54) is 30.5 Å². The lowest BCUT2D eigenvalue weighted by atomic mass is 9.98.